The Kier molecular flexibility index (Phi) is 7.06. The standard InChI is InChI=1S/C12H8BrNO5S2.Na/c13-9-3-1-2-4-10(9)20-11-6-5-8(14(15)16)7-12(11)21(17,18)19;/h1-7H,(H,17,18,19);/q;+1/p-1. The molecule has 22 heavy (non-hydrogen) atoms. The molecule has 110 valence electrons. The van der Waals surface area contributed by atoms with E-state index in [1.54, 1.807) is 24.3 Å². The molecule has 0 aliphatic carbocycles. The van der Waals surface area contributed by atoms with Gasteiger partial charge in [0.25, 0.3) is 5.69 Å². The summed E-state index contributed by atoms with van der Waals surface area (Å²) in [6, 6.07) is 10.2. The third-order valence-corrected chi connectivity index (χ3v) is 5.58. The SMILES string of the molecule is O=[N+]([O-])c1ccc(Sc2ccccc2Br)c(S(=O)(=O)[O-])c1.[Na+]. The van der Waals surface area contributed by atoms with Crippen molar-refractivity contribution in [2.45, 2.75) is 14.7 Å². The molecule has 2 aromatic carbocycles. The van der Waals surface area contributed by atoms with Gasteiger partial charge >= 0.3 is 29.6 Å². The van der Waals surface area contributed by atoms with Gasteiger partial charge in [-0.15, -0.1) is 0 Å². The van der Waals surface area contributed by atoms with Crippen LogP contribution in [0.2, 0.25) is 0 Å². The minimum absolute atomic E-state index is 0. The molecule has 0 unspecified atom stereocenters. The fraction of sp³-hybridized carbons (Fsp3) is 0. The van der Waals surface area contributed by atoms with Gasteiger partial charge in [-0.05, 0) is 34.1 Å². The minimum Gasteiger partial charge on any atom is -0.744 e. The van der Waals surface area contributed by atoms with E-state index in [0.29, 0.717) is 4.90 Å². The van der Waals surface area contributed by atoms with Crippen molar-refractivity contribution in [1.82, 2.24) is 0 Å². The van der Waals surface area contributed by atoms with Crippen LogP contribution in [0.25, 0.3) is 0 Å². The average molecular weight is 412 g/mol. The van der Waals surface area contributed by atoms with Gasteiger partial charge in [0.1, 0.15) is 10.1 Å². The number of nitrogens with zero attached hydrogens (tertiary/aromatic N) is 1. The van der Waals surface area contributed by atoms with Crippen molar-refractivity contribution in [3.8, 4) is 0 Å². The number of hydrogen-bond acceptors (Lipinski definition) is 6. The first-order chi connectivity index (χ1) is 9.79. The Morgan fingerprint density at radius 2 is 1.73 bits per heavy atom. The molecule has 0 atom stereocenters. The van der Waals surface area contributed by atoms with E-state index in [1.165, 1.54) is 6.07 Å². The van der Waals surface area contributed by atoms with E-state index in [2.05, 4.69) is 15.9 Å². The molecule has 0 fully saturated rings. The first kappa shape index (κ1) is 19.6. The van der Waals surface area contributed by atoms with Gasteiger partial charge in [-0.3, -0.25) is 10.1 Å². The maximum absolute atomic E-state index is 11.3. The van der Waals surface area contributed by atoms with Crippen LogP contribution in [0, 0.1) is 10.1 Å². The molecule has 6 nitrogen and oxygen atoms in total. The molecule has 10 heteroatoms. The summed E-state index contributed by atoms with van der Waals surface area (Å²) in [6.45, 7) is 0. The topological polar surface area (TPSA) is 100 Å². The van der Waals surface area contributed by atoms with Gasteiger partial charge in [0.05, 0.1) is 9.82 Å². The van der Waals surface area contributed by atoms with E-state index < -0.39 is 25.6 Å². The van der Waals surface area contributed by atoms with Gasteiger partial charge in [-0.25, -0.2) is 8.42 Å². The maximum atomic E-state index is 11.3. The van der Waals surface area contributed by atoms with Crippen LogP contribution in [0.15, 0.2) is 61.6 Å². The fourth-order valence-corrected chi connectivity index (χ4v) is 3.92. The van der Waals surface area contributed by atoms with Crippen molar-refractivity contribution in [1.29, 1.82) is 0 Å². The second kappa shape index (κ2) is 7.91. The van der Waals surface area contributed by atoms with Crippen LogP contribution < -0.4 is 29.6 Å². The zero-order chi connectivity index (χ0) is 15.6. The van der Waals surface area contributed by atoms with Crippen molar-refractivity contribution < 1.29 is 47.5 Å². The van der Waals surface area contributed by atoms with Gasteiger partial charge in [0.15, 0.2) is 0 Å². The van der Waals surface area contributed by atoms with E-state index in [9.17, 15) is 23.1 Å². The van der Waals surface area contributed by atoms with Crippen molar-refractivity contribution in [3.05, 3.63) is 57.1 Å². The molecule has 0 bridgehead atoms. The molecule has 0 spiro atoms. The summed E-state index contributed by atoms with van der Waals surface area (Å²) < 4.78 is 34.6. The number of hydrogen-bond donors (Lipinski definition) is 0. The Morgan fingerprint density at radius 1 is 1.09 bits per heavy atom. The number of benzene rings is 2. The molecule has 0 aliphatic heterocycles. The molecule has 0 aromatic heterocycles. The van der Waals surface area contributed by atoms with Crippen LogP contribution in [0.5, 0.6) is 0 Å². The van der Waals surface area contributed by atoms with Crippen LogP contribution in [0.4, 0.5) is 5.69 Å². The van der Waals surface area contributed by atoms with E-state index >= 15 is 0 Å². The Morgan fingerprint density at radius 3 is 2.27 bits per heavy atom. The number of halogens is 1. The quantitative estimate of drug-likeness (QED) is 0.312. The summed E-state index contributed by atoms with van der Waals surface area (Å²) in [5.74, 6) is 0. The van der Waals surface area contributed by atoms with Crippen LogP contribution in [-0.2, 0) is 10.1 Å². The third-order valence-electron chi connectivity index (χ3n) is 2.46. The number of rotatable bonds is 4. The molecule has 2 aromatic rings. The van der Waals surface area contributed by atoms with Crippen LogP contribution >= 0.6 is 27.7 Å². The van der Waals surface area contributed by atoms with Crippen molar-refractivity contribution >= 4 is 43.5 Å². The minimum atomic E-state index is -4.81. The van der Waals surface area contributed by atoms with Crippen molar-refractivity contribution in [2.24, 2.45) is 0 Å². The number of nitro benzene ring substituents is 1. The second-order valence-electron chi connectivity index (χ2n) is 3.87. The average Bonchev–Trinajstić information content (AvgIpc) is 2.40. The normalized spacial score (nSPS) is 10.8. The first-order valence-electron chi connectivity index (χ1n) is 5.46. The van der Waals surface area contributed by atoms with Crippen LogP contribution in [-0.4, -0.2) is 17.9 Å². The van der Waals surface area contributed by atoms with E-state index in [0.717, 1.165) is 28.4 Å². The summed E-state index contributed by atoms with van der Waals surface area (Å²) in [5.41, 5.74) is -0.444. The maximum Gasteiger partial charge on any atom is 1.00 e. The number of non-ortho nitro benzene ring substituents is 1. The molecule has 0 aliphatic rings. The van der Waals surface area contributed by atoms with Gasteiger partial charge in [0.2, 0.25) is 0 Å². The zero-order valence-corrected chi connectivity index (χ0v) is 16.4. The molecular weight excluding hydrogens is 405 g/mol. The number of nitro groups is 1. The van der Waals surface area contributed by atoms with Crippen molar-refractivity contribution in [3.63, 3.8) is 0 Å². The Balaban J connectivity index is 0.00000242. The molecule has 0 saturated carbocycles. The van der Waals surface area contributed by atoms with E-state index in [4.69, 9.17) is 0 Å². The summed E-state index contributed by atoms with van der Waals surface area (Å²) in [6.07, 6.45) is 0. The zero-order valence-electron chi connectivity index (χ0n) is 11.2. The van der Waals surface area contributed by atoms with Crippen LogP contribution in [0.1, 0.15) is 0 Å². The van der Waals surface area contributed by atoms with Crippen LogP contribution in [0.3, 0.4) is 0 Å². The Hall–Kier alpha value is -0.420. The molecule has 0 radical (unpaired) electrons. The predicted octanol–water partition coefficient (Wildman–Crippen LogP) is 0.417. The second-order valence-corrected chi connectivity index (χ2v) is 7.16. The molecule has 2 rings (SSSR count). The van der Waals surface area contributed by atoms with Gasteiger partial charge in [0, 0.05) is 26.4 Å². The Labute approximate surface area is 161 Å². The van der Waals surface area contributed by atoms with Crippen molar-refractivity contribution in [2.75, 3.05) is 0 Å². The molecule has 0 N–H and O–H groups in total. The first-order valence-corrected chi connectivity index (χ1v) is 8.47. The van der Waals surface area contributed by atoms with Gasteiger partial charge in [-0.2, -0.15) is 0 Å². The summed E-state index contributed by atoms with van der Waals surface area (Å²) in [7, 11) is -4.81. The van der Waals surface area contributed by atoms with E-state index in [-0.39, 0.29) is 34.5 Å². The third kappa shape index (κ3) is 4.79. The predicted molar refractivity (Wildman–Crippen MR) is 79.3 cm³/mol. The molecule has 0 amide bonds. The van der Waals surface area contributed by atoms with E-state index in [1.807, 2.05) is 0 Å². The Bertz CT molecular complexity index is 813. The summed E-state index contributed by atoms with van der Waals surface area (Å²) in [5, 5.41) is 10.7. The fourth-order valence-electron chi connectivity index (χ4n) is 1.54. The largest absolute Gasteiger partial charge is 1.00 e. The smallest absolute Gasteiger partial charge is 0.744 e. The molecular formula is C12H7BrNNaO5S2. The molecule has 0 saturated heterocycles. The summed E-state index contributed by atoms with van der Waals surface area (Å²) in [4.78, 5) is 10.2. The monoisotopic (exact) mass is 411 g/mol. The van der Waals surface area contributed by atoms with Gasteiger partial charge in [-0.1, -0.05) is 23.9 Å². The van der Waals surface area contributed by atoms with Gasteiger partial charge < -0.3 is 4.55 Å². The summed E-state index contributed by atoms with van der Waals surface area (Å²) >= 11 is 4.35. The molecule has 0 heterocycles.